The number of anilines is 2. The number of nitrogens with zero attached hydrogens (tertiary/aromatic N) is 7. The SMILES string of the molecule is C=CC(=O)N1CCC(N(CC)c2nc(OCC3CCCN3C)nc3cc(-c4ccc(F)c5sc(N)c(C#N)c45)c(C#N)cc23)C1COC. The highest BCUT2D eigenvalue weighted by molar-refractivity contribution is 7.23. The summed E-state index contributed by atoms with van der Waals surface area (Å²) in [5.74, 6) is -0.0880. The van der Waals surface area contributed by atoms with Crippen molar-refractivity contribution in [3.8, 4) is 29.3 Å². The van der Waals surface area contributed by atoms with Gasteiger partial charge in [0.15, 0.2) is 0 Å². The number of rotatable bonds is 10. The van der Waals surface area contributed by atoms with Crippen molar-refractivity contribution in [3.63, 3.8) is 0 Å². The number of fused-ring (bicyclic) bond motifs is 2. The van der Waals surface area contributed by atoms with Crippen LogP contribution in [0.2, 0.25) is 0 Å². The van der Waals surface area contributed by atoms with E-state index >= 15 is 0 Å². The van der Waals surface area contributed by atoms with E-state index in [4.69, 9.17) is 25.2 Å². The summed E-state index contributed by atoms with van der Waals surface area (Å²) < 4.78 is 27.1. The van der Waals surface area contributed by atoms with Crippen molar-refractivity contribution in [2.24, 2.45) is 0 Å². The summed E-state index contributed by atoms with van der Waals surface area (Å²) in [5, 5.41) is 21.6. The molecule has 1 amide bonds. The van der Waals surface area contributed by atoms with E-state index in [1.165, 1.54) is 12.1 Å². The van der Waals surface area contributed by atoms with Crippen LogP contribution in [0, 0.1) is 28.5 Å². The van der Waals surface area contributed by atoms with Crippen molar-refractivity contribution >= 4 is 49.1 Å². The lowest BCUT2D eigenvalue weighted by atomic mass is 9.94. The molecule has 2 aliphatic heterocycles. The second-order valence-corrected chi connectivity index (χ2v) is 13.1. The molecule has 3 atom stereocenters. The van der Waals surface area contributed by atoms with Crippen LogP contribution in [0.5, 0.6) is 6.01 Å². The lowest BCUT2D eigenvalue weighted by Gasteiger charge is -2.35. The Hall–Kier alpha value is -4.82. The topological polar surface area (TPSA) is 145 Å². The summed E-state index contributed by atoms with van der Waals surface area (Å²) in [7, 11) is 3.69. The zero-order chi connectivity index (χ0) is 34.1. The number of likely N-dealkylation sites (N-methyl/N-ethyl adjacent to an activating group) is 2. The van der Waals surface area contributed by atoms with Gasteiger partial charge in [-0.1, -0.05) is 12.6 Å². The minimum atomic E-state index is -0.492. The number of nitrogens with two attached hydrogens (primary N) is 1. The molecule has 2 aromatic carbocycles. The van der Waals surface area contributed by atoms with E-state index in [-0.39, 0.29) is 45.3 Å². The van der Waals surface area contributed by atoms with Gasteiger partial charge in [0, 0.05) is 42.6 Å². The molecule has 2 saturated heterocycles. The first-order chi connectivity index (χ1) is 23.2. The second kappa shape index (κ2) is 13.7. The van der Waals surface area contributed by atoms with Crippen LogP contribution in [0.25, 0.3) is 32.1 Å². The van der Waals surface area contributed by atoms with Crippen LogP contribution in [0.4, 0.5) is 15.2 Å². The monoisotopic (exact) mass is 668 g/mol. The summed E-state index contributed by atoms with van der Waals surface area (Å²) in [5.41, 5.74) is 8.11. The van der Waals surface area contributed by atoms with E-state index in [2.05, 4.69) is 35.6 Å². The fourth-order valence-electron chi connectivity index (χ4n) is 7.13. The zero-order valence-corrected chi connectivity index (χ0v) is 28.0. The average Bonchev–Trinajstić information content (AvgIpc) is 3.80. The molecule has 3 unspecified atom stereocenters. The molecule has 0 aliphatic carbocycles. The van der Waals surface area contributed by atoms with Crippen LogP contribution >= 0.6 is 11.3 Å². The third kappa shape index (κ3) is 5.79. The van der Waals surface area contributed by atoms with Gasteiger partial charge in [-0.3, -0.25) is 4.79 Å². The number of benzene rings is 2. The molecule has 0 bridgehead atoms. The summed E-state index contributed by atoms with van der Waals surface area (Å²) >= 11 is 1.01. The maximum atomic E-state index is 15.0. The molecule has 0 radical (unpaired) electrons. The predicted octanol–water partition coefficient (Wildman–Crippen LogP) is 5.08. The number of ether oxygens (including phenoxy) is 2. The van der Waals surface area contributed by atoms with Gasteiger partial charge in [0.2, 0.25) is 5.91 Å². The zero-order valence-electron chi connectivity index (χ0n) is 27.2. The molecule has 48 heavy (non-hydrogen) atoms. The molecule has 0 spiro atoms. The van der Waals surface area contributed by atoms with Crippen LogP contribution in [-0.4, -0.2) is 90.8 Å². The molecule has 248 valence electrons. The molecule has 4 aromatic rings. The lowest BCUT2D eigenvalue weighted by molar-refractivity contribution is -0.127. The number of methoxy groups -OCH3 is 1. The maximum Gasteiger partial charge on any atom is 0.319 e. The smallest absolute Gasteiger partial charge is 0.319 e. The highest BCUT2D eigenvalue weighted by Crippen LogP contribution is 2.43. The van der Waals surface area contributed by atoms with Gasteiger partial charge in [-0.2, -0.15) is 20.5 Å². The van der Waals surface area contributed by atoms with Crippen molar-refractivity contribution in [2.75, 3.05) is 57.6 Å². The van der Waals surface area contributed by atoms with Crippen molar-refractivity contribution in [3.05, 3.63) is 53.9 Å². The van der Waals surface area contributed by atoms with Gasteiger partial charge in [-0.25, -0.2) is 4.39 Å². The molecular weight excluding hydrogens is 632 g/mol. The lowest BCUT2D eigenvalue weighted by Crippen LogP contribution is -2.49. The first kappa shape index (κ1) is 33.1. The van der Waals surface area contributed by atoms with Gasteiger partial charge in [-0.05, 0) is 69.6 Å². The Labute approximate surface area is 282 Å². The van der Waals surface area contributed by atoms with E-state index < -0.39 is 5.82 Å². The van der Waals surface area contributed by atoms with Crippen LogP contribution in [0.1, 0.15) is 37.3 Å². The van der Waals surface area contributed by atoms with Gasteiger partial charge in [0.25, 0.3) is 0 Å². The number of likely N-dealkylation sites (tertiary alicyclic amines) is 2. The Bertz CT molecular complexity index is 1980. The molecule has 4 heterocycles. The molecule has 13 heteroatoms. The number of aromatic nitrogens is 2. The summed E-state index contributed by atoms with van der Waals surface area (Å²) in [6, 6.07) is 10.8. The number of amides is 1. The molecule has 2 aromatic heterocycles. The number of nitrogen functional groups attached to an aromatic ring is 1. The Morgan fingerprint density at radius 2 is 2.02 bits per heavy atom. The Kier molecular flexibility index (Phi) is 9.47. The molecular formula is C35H37FN8O3S. The van der Waals surface area contributed by atoms with Crippen LogP contribution in [0.3, 0.4) is 0 Å². The number of hydrogen-bond acceptors (Lipinski definition) is 11. The fourth-order valence-corrected chi connectivity index (χ4v) is 8.08. The number of halogens is 1. The molecule has 11 nitrogen and oxygen atoms in total. The van der Waals surface area contributed by atoms with Gasteiger partial charge in [-0.15, -0.1) is 11.3 Å². The molecule has 6 rings (SSSR count). The Balaban J connectivity index is 1.54. The first-order valence-corrected chi connectivity index (χ1v) is 16.7. The van der Waals surface area contributed by atoms with Crippen molar-refractivity contribution in [2.45, 2.75) is 44.3 Å². The number of carbonyl (C=O) groups excluding carboxylic acids is 1. The maximum absolute atomic E-state index is 15.0. The van der Waals surface area contributed by atoms with E-state index in [9.17, 15) is 19.7 Å². The second-order valence-electron chi connectivity index (χ2n) is 12.1. The summed E-state index contributed by atoms with van der Waals surface area (Å²) in [4.78, 5) is 28.8. The largest absolute Gasteiger partial charge is 0.462 e. The minimum absolute atomic E-state index is 0.153. The molecule has 2 aliphatic rings. The van der Waals surface area contributed by atoms with Crippen LogP contribution < -0.4 is 15.4 Å². The fraction of sp³-hybridized carbons (Fsp3) is 0.400. The van der Waals surface area contributed by atoms with Gasteiger partial charge in [0.1, 0.15) is 29.3 Å². The number of nitriles is 2. The minimum Gasteiger partial charge on any atom is -0.462 e. The third-order valence-electron chi connectivity index (χ3n) is 9.53. The first-order valence-electron chi connectivity index (χ1n) is 15.9. The average molecular weight is 669 g/mol. The molecule has 0 saturated carbocycles. The highest BCUT2D eigenvalue weighted by Gasteiger charge is 2.40. The summed E-state index contributed by atoms with van der Waals surface area (Å²) in [6.45, 7) is 8.49. The van der Waals surface area contributed by atoms with Crippen molar-refractivity contribution in [1.82, 2.24) is 19.8 Å². The van der Waals surface area contributed by atoms with Crippen molar-refractivity contribution in [1.29, 1.82) is 10.5 Å². The molecule has 2 N–H and O–H groups in total. The number of thiophene rings is 1. The standard InChI is InChI=1S/C35H37FN8O3S/c1-5-30(45)44-13-11-28(29(44)19-46-4)43(6-2)34-24-14-20(16-37)23(22-9-10-26(36)32-31(22)25(17-38)33(39)48-32)15-27(24)40-35(41-34)47-18-21-8-7-12-42(21)3/h5,9-10,14-15,21,28-29H,1,6-8,11-13,18-19,39H2,2-4H3. The number of carbonyl (C=O) groups is 1. The van der Waals surface area contributed by atoms with E-state index in [0.29, 0.717) is 71.5 Å². The van der Waals surface area contributed by atoms with E-state index in [1.54, 1.807) is 30.2 Å². The van der Waals surface area contributed by atoms with Crippen LogP contribution in [0.15, 0.2) is 36.9 Å². The Morgan fingerprint density at radius 1 is 1.21 bits per heavy atom. The van der Waals surface area contributed by atoms with E-state index in [1.807, 2.05) is 6.92 Å². The molecule has 2 fully saturated rings. The summed E-state index contributed by atoms with van der Waals surface area (Å²) in [6.07, 6.45) is 4.08. The quantitative estimate of drug-likeness (QED) is 0.227. The highest BCUT2D eigenvalue weighted by atomic mass is 32.1. The Morgan fingerprint density at radius 3 is 2.69 bits per heavy atom. The van der Waals surface area contributed by atoms with Crippen molar-refractivity contribution < 1.29 is 18.7 Å². The van der Waals surface area contributed by atoms with Gasteiger partial charge >= 0.3 is 6.01 Å². The third-order valence-corrected chi connectivity index (χ3v) is 10.6. The normalized spacial score (nSPS) is 19.5. The number of hydrogen-bond donors (Lipinski definition) is 1. The van der Waals surface area contributed by atoms with Crippen LogP contribution in [-0.2, 0) is 9.53 Å². The predicted molar refractivity (Wildman–Crippen MR) is 184 cm³/mol. The van der Waals surface area contributed by atoms with E-state index in [0.717, 1.165) is 30.7 Å². The van der Waals surface area contributed by atoms with Gasteiger partial charge < -0.3 is 29.9 Å². The van der Waals surface area contributed by atoms with Gasteiger partial charge in [0.05, 0.1) is 46.1 Å².